The van der Waals surface area contributed by atoms with Gasteiger partial charge in [-0.1, -0.05) is 44.2 Å². The Bertz CT molecular complexity index is 639. The fraction of sp³-hybridized carbons (Fsp3) is 0.400. The number of nitrogens with zero attached hydrogens (tertiary/aromatic N) is 3. The molecule has 2 aromatic rings. The number of hydrogen-bond acceptors (Lipinski definition) is 3. The maximum Gasteiger partial charge on any atom is 0.191 e. The van der Waals surface area contributed by atoms with E-state index in [-0.39, 0.29) is 24.0 Å². The molecule has 5 nitrogen and oxygen atoms in total. The lowest BCUT2D eigenvalue weighted by Crippen LogP contribution is -2.36. The molecule has 26 heavy (non-hydrogen) atoms. The van der Waals surface area contributed by atoms with Crippen LogP contribution in [0.1, 0.15) is 30.7 Å². The lowest BCUT2D eigenvalue weighted by atomic mass is 10.1. The summed E-state index contributed by atoms with van der Waals surface area (Å²) < 4.78 is 0. The Labute approximate surface area is 174 Å². The number of nitrogens with one attached hydrogen (secondary N) is 2. The van der Waals surface area contributed by atoms with Crippen LogP contribution in [0, 0.1) is 0 Å². The molecule has 1 heterocycles. The second-order valence-corrected chi connectivity index (χ2v) is 5.88. The minimum Gasteiger partial charge on any atom is -0.352 e. The number of aliphatic imine (C=N–C) groups is 1. The summed E-state index contributed by atoms with van der Waals surface area (Å²) in [6.07, 6.45) is 1.80. The Hall–Kier alpha value is -1.67. The smallest absolute Gasteiger partial charge is 0.191 e. The summed E-state index contributed by atoms with van der Waals surface area (Å²) in [5, 5.41) is 6.62. The molecular formula is C20H30IN5. The first kappa shape index (κ1) is 22.4. The van der Waals surface area contributed by atoms with Crippen molar-refractivity contribution in [2.24, 2.45) is 4.99 Å². The molecule has 0 spiro atoms. The van der Waals surface area contributed by atoms with E-state index in [9.17, 15) is 0 Å². The van der Waals surface area contributed by atoms with Gasteiger partial charge in [0.15, 0.2) is 5.96 Å². The topological polar surface area (TPSA) is 52.5 Å². The van der Waals surface area contributed by atoms with Gasteiger partial charge in [-0.05, 0) is 36.3 Å². The van der Waals surface area contributed by atoms with Crippen LogP contribution in [0.5, 0.6) is 0 Å². The minimum absolute atomic E-state index is 0. The number of guanidine groups is 1. The molecule has 0 saturated carbocycles. The van der Waals surface area contributed by atoms with E-state index in [1.807, 2.05) is 18.2 Å². The summed E-state index contributed by atoms with van der Waals surface area (Å²) in [6.45, 7) is 8.97. The highest BCUT2D eigenvalue weighted by atomic mass is 127. The van der Waals surface area contributed by atoms with Crippen molar-refractivity contribution in [3.63, 3.8) is 0 Å². The zero-order valence-electron chi connectivity index (χ0n) is 15.9. The van der Waals surface area contributed by atoms with Crippen molar-refractivity contribution >= 4 is 29.9 Å². The Morgan fingerprint density at radius 1 is 0.962 bits per heavy atom. The van der Waals surface area contributed by atoms with Gasteiger partial charge in [0, 0.05) is 26.3 Å². The largest absolute Gasteiger partial charge is 0.352 e. The Morgan fingerprint density at radius 3 is 2.19 bits per heavy atom. The normalized spacial score (nSPS) is 11.2. The maximum absolute atomic E-state index is 4.30. The average molecular weight is 467 g/mol. The summed E-state index contributed by atoms with van der Waals surface area (Å²) in [6, 6.07) is 14.7. The van der Waals surface area contributed by atoms with Crippen LogP contribution in [0.2, 0.25) is 0 Å². The van der Waals surface area contributed by atoms with Crippen molar-refractivity contribution in [1.82, 2.24) is 20.5 Å². The van der Waals surface area contributed by atoms with Gasteiger partial charge in [-0.3, -0.25) is 14.9 Å². The molecule has 142 valence electrons. The molecule has 0 fully saturated rings. The van der Waals surface area contributed by atoms with Crippen LogP contribution < -0.4 is 10.6 Å². The Morgan fingerprint density at radius 2 is 1.62 bits per heavy atom. The van der Waals surface area contributed by atoms with E-state index in [0.29, 0.717) is 6.54 Å². The molecule has 0 radical (unpaired) electrons. The van der Waals surface area contributed by atoms with E-state index in [2.05, 4.69) is 63.6 Å². The lowest BCUT2D eigenvalue weighted by Gasteiger charge is -2.18. The van der Waals surface area contributed by atoms with Crippen LogP contribution in [-0.4, -0.2) is 36.0 Å². The monoisotopic (exact) mass is 467 g/mol. The van der Waals surface area contributed by atoms with Gasteiger partial charge in [-0.15, -0.1) is 24.0 Å². The predicted molar refractivity (Wildman–Crippen MR) is 120 cm³/mol. The molecule has 2 rings (SSSR count). The molecule has 0 aliphatic rings. The van der Waals surface area contributed by atoms with E-state index >= 15 is 0 Å². The summed E-state index contributed by atoms with van der Waals surface area (Å²) in [4.78, 5) is 11.0. The molecule has 1 aromatic heterocycles. The van der Waals surface area contributed by atoms with Gasteiger partial charge < -0.3 is 10.6 Å². The first-order valence-corrected chi connectivity index (χ1v) is 8.89. The predicted octanol–water partition coefficient (Wildman–Crippen LogP) is 3.41. The summed E-state index contributed by atoms with van der Waals surface area (Å²) >= 11 is 0. The third kappa shape index (κ3) is 7.70. The van der Waals surface area contributed by atoms with Crippen molar-refractivity contribution in [2.45, 2.75) is 33.5 Å². The Balaban J connectivity index is 0.00000338. The lowest BCUT2D eigenvalue weighted by molar-refractivity contribution is 0.296. The number of rotatable bonds is 8. The van der Waals surface area contributed by atoms with Gasteiger partial charge in [0.1, 0.15) is 0 Å². The van der Waals surface area contributed by atoms with Crippen LogP contribution in [0.15, 0.2) is 53.7 Å². The van der Waals surface area contributed by atoms with Crippen molar-refractivity contribution in [3.8, 4) is 0 Å². The third-order valence-electron chi connectivity index (χ3n) is 4.17. The van der Waals surface area contributed by atoms with E-state index in [0.717, 1.165) is 37.8 Å². The number of aromatic nitrogens is 1. The standard InChI is InChI=1S/C20H29N5.HI/c1-4-25(5-2)16-18-11-9-17(10-12-18)14-23-20(21-3)24-15-19-8-6-7-13-22-19;/h6-13H,4-5,14-16H2,1-3H3,(H2,21,23,24);1H. The highest BCUT2D eigenvalue weighted by Gasteiger charge is 2.02. The zero-order valence-corrected chi connectivity index (χ0v) is 18.2. The van der Waals surface area contributed by atoms with Crippen molar-refractivity contribution in [2.75, 3.05) is 20.1 Å². The van der Waals surface area contributed by atoms with Gasteiger partial charge in [-0.2, -0.15) is 0 Å². The molecule has 0 amide bonds. The fourth-order valence-electron chi connectivity index (χ4n) is 2.55. The molecule has 0 bridgehead atoms. The average Bonchev–Trinajstić information content (AvgIpc) is 2.68. The van der Waals surface area contributed by atoms with Gasteiger partial charge in [0.25, 0.3) is 0 Å². The molecular weight excluding hydrogens is 437 g/mol. The molecule has 0 unspecified atom stereocenters. The fourth-order valence-corrected chi connectivity index (χ4v) is 2.55. The number of halogens is 1. The molecule has 0 aliphatic heterocycles. The van der Waals surface area contributed by atoms with Crippen LogP contribution in [-0.2, 0) is 19.6 Å². The molecule has 0 atom stereocenters. The van der Waals surface area contributed by atoms with Crippen LogP contribution >= 0.6 is 24.0 Å². The van der Waals surface area contributed by atoms with E-state index in [1.165, 1.54) is 11.1 Å². The molecule has 0 aliphatic carbocycles. The second kappa shape index (κ2) is 12.6. The highest BCUT2D eigenvalue weighted by Crippen LogP contribution is 2.07. The summed E-state index contributed by atoms with van der Waals surface area (Å²) in [5.41, 5.74) is 3.58. The van der Waals surface area contributed by atoms with Gasteiger partial charge in [0.05, 0.1) is 12.2 Å². The van der Waals surface area contributed by atoms with Crippen LogP contribution in [0.3, 0.4) is 0 Å². The quantitative estimate of drug-likeness (QED) is 0.355. The van der Waals surface area contributed by atoms with Gasteiger partial charge in [-0.25, -0.2) is 0 Å². The molecule has 6 heteroatoms. The Kier molecular flexibility index (Phi) is 10.9. The molecule has 0 saturated heterocycles. The second-order valence-electron chi connectivity index (χ2n) is 5.88. The maximum atomic E-state index is 4.30. The number of hydrogen-bond donors (Lipinski definition) is 2. The van der Waals surface area contributed by atoms with E-state index < -0.39 is 0 Å². The summed E-state index contributed by atoms with van der Waals surface area (Å²) in [7, 11) is 1.78. The first-order chi connectivity index (χ1) is 12.2. The van der Waals surface area contributed by atoms with Crippen molar-refractivity contribution < 1.29 is 0 Å². The molecule has 1 aromatic carbocycles. The van der Waals surface area contributed by atoms with Crippen molar-refractivity contribution in [1.29, 1.82) is 0 Å². The van der Waals surface area contributed by atoms with E-state index in [4.69, 9.17) is 0 Å². The minimum atomic E-state index is 0. The van der Waals surface area contributed by atoms with Crippen LogP contribution in [0.4, 0.5) is 0 Å². The third-order valence-corrected chi connectivity index (χ3v) is 4.17. The van der Waals surface area contributed by atoms with Gasteiger partial charge in [0.2, 0.25) is 0 Å². The van der Waals surface area contributed by atoms with Crippen molar-refractivity contribution in [3.05, 3.63) is 65.5 Å². The zero-order chi connectivity index (χ0) is 17.9. The summed E-state index contributed by atoms with van der Waals surface area (Å²) in [5.74, 6) is 0.776. The van der Waals surface area contributed by atoms with Gasteiger partial charge >= 0.3 is 0 Å². The number of pyridine rings is 1. The van der Waals surface area contributed by atoms with E-state index in [1.54, 1.807) is 13.2 Å². The molecule has 2 N–H and O–H groups in total. The number of benzene rings is 1. The highest BCUT2D eigenvalue weighted by molar-refractivity contribution is 14.0. The SMILES string of the molecule is CCN(CC)Cc1ccc(CNC(=NC)NCc2ccccn2)cc1.I. The van der Waals surface area contributed by atoms with Crippen LogP contribution in [0.25, 0.3) is 0 Å². The first-order valence-electron chi connectivity index (χ1n) is 8.89.